The number of anilines is 1. The Labute approximate surface area is 153 Å². The van der Waals surface area contributed by atoms with Crippen LogP contribution in [0.4, 0.5) is 5.69 Å². The van der Waals surface area contributed by atoms with Gasteiger partial charge in [-0.25, -0.2) is 13.2 Å². The first kappa shape index (κ1) is 19.3. The molecule has 1 N–H and O–H groups in total. The Hall–Kier alpha value is -2.05. The van der Waals surface area contributed by atoms with Gasteiger partial charge in [-0.15, -0.1) is 0 Å². The third kappa shape index (κ3) is 5.76. The molecule has 0 atom stereocenters. The van der Waals surface area contributed by atoms with Crippen LogP contribution < -0.4 is 4.72 Å². The summed E-state index contributed by atoms with van der Waals surface area (Å²) in [4.78, 5) is 12.0. The van der Waals surface area contributed by atoms with Gasteiger partial charge in [0.15, 0.2) is 0 Å². The summed E-state index contributed by atoms with van der Waals surface area (Å²) in [7, 11) is -3.71. The fourth-order valence-electron chi connectivity index (χ4n) is 2.10. The Morgan fingerprint density at radius 1 is 1.04 bits per heavy atom. The minimum Gasteiger partial charge on any atom is -0.462 e. The first-order chi connectivity index (χ1) is 11.9. The number of carbonyl (C=O) groups is 1. The summed E-state index contributed by atoms with van der Waals surface area (Å²) in [6.45, 7) is 2.46. The van der Waals surface area contributed by atoms with Gasteiger partial charge in [0.1, 0.15) is 0 Å². The zero-order valence-corrected chi connectivity index (χ0v) is 15.4. The first-order valence-electron chi connectivity index (χ1n) is 7.98. The van der Waals surface area contributed by atoms with Crippen LogP contribution in [0.5, 0.6) is 0 Å². The molecule has 0 spiro atoms. The molecule has 134 valence electrons. The second-order valence-corrected chi connectivity index (χ2v) is 7.60. The second kappa shape index (κ2) is 8.87. The minimum atomic E-state index is -3.71. The van der Waals surface area contributed by atoms with E-state index in [9.17, 15) is 13.2 Å². The number of hydrogen-bond donors (Lipinski definition) is 1. The molecule has 2 aromatic carbocycles. The van der Waals surface area contributed by atoms with E-state index in [4.69, 9.17) is 16.3 Å². The van der Waals surface area contributed by atoms with Gasteiger partial charge < -0.3 is 4.74 Å². The second-order valence-electron chi connectivity index (χ2n) is 5.48. The largest absolute Gasteiger partial charge is 0.462 e. The van der Waals surface area contributed by atoms with Gasteiger partial charge in [-0.2, -0.15) is 0 Å². The molecular weight excluding hydrogens is 362 g/mol. The van der Waals surface area contributed by atoms with E-state index < -0.39 is 16.0 Å². The average molecular weight is 382 g/mol. The van der Waals surface area contributed by atoms with Crippen LogP contribution >= 0.6 is 11.6 Å². The highest BCUT2D eigenvalue weighted by Crippen LogP contribution is 2.19. The molecule has 2 aromatic rings. The highest BCUT2D eigenvalue weighted by Gasteiger charge is 2.14. The lowest BCUT2D eigenvalue weighted by Gasteiger charge is -2.09. The van der Waals surface area contributed by atoms with E-state index in [0.717, 1.165) is 19.3 Å². The van der Waals surface area contributed by atoms with Gasteiger partial charge >= 0.3 is 5.97 Å². The third-order valence-electron chi connectivity index (χ3n) is 3.48. The number of hydrogen-bond acceptors (Lipinski definition) is 4. The monoisotopic (exact) mass is 381 g/mol. The molecule has 0 aliphatic heterocycles. The lowest BCUT2D eigenvalue weighted by Crippen LogP contribution is -2.13. The van der Waals surface area contributed by atoms with E-state index in [2.05, 4.69) is 11.6 Å². The zero-order valence-electron chi connectivity index (χ0n) is 13.9. The van der Waals surface area contributed by atoms with Gasteiger partial charge in [0, 0.05) is 10.7 Å². The molecule has 25 heavy (non-hydrogen) atoms. The van der Waals surface area contributed by atoms with Gasteiger partial charge in [-0.05, 0) is 55.0 Å². The summed E-state index contributed by atoms with van der Waals surface area (Å²) >= 11 is 5.76. The molecule has 0 saturated carbocycles. The zero-order chi connectivity index (χ0) is 18.3. The van der Waals surface area contributed by atoms with Crippen LogP contribution in [0.2, 0.25) is 5.02 Å². The van der Waals surface area contributed by atoms with E-state index in [1.165, 1.54) is 48.5 Å². The predicted octanol–water partition coefficient (Wildman–Crippen LogP) is 4.49. The van der Waals surface area contributed by atoms with Crippen LogP contribution in [0, 0.1) is 0 Å². The number of halogens is 1. The van der Waals surface area contributed by atoms with Crippen LogP contribution in [-0.4, -0.2) is 21.0 Å². The predicted molar refractivity (Wildman–Crippen MR) is 98.5 cm³/mol. The van der Waals surface area contributed by atoms with Gasteiger partial charge in [-0.3, -0.25) is 4.72 Å². The minimum absolute atomic E-state index is 0.108. The van der Waals surface area contributed by atoms with Crippen molar-refractivity contribution in [2.75, 3.05) is 11.3 Å². The number of unbranched alkanes of at least 4 members (excludes halogenated alkanes) is 2. The smallest absolute Gasteiger partial charge is 0.338 e. The summed E-state index contributed by atoms with van der Waals surface area (Å²) < 4.78 is 32.2. The molecule has 0 heterocycles. The van der Waals surface area contributed by atoms with Gasteiger partial charge in [0.2, 0.25) is 0 Å². The third-order valence-corrected chi connectivity index (χ3v) is 5.13. The number of carbonyl (C=O) groups excluding carboxylic acids is 1. The van der Waals surface area contributed by atoms with Gasteiger partial charge in [0.25, 0.3) is 10.0 Å². The lowest BCUT2D eigenvalue weighted by atomic mass is 10.2. The molecule has 0 aliphatic carbocycles. The first-order valence-corrected chi connectivity index (χ1v) is 9.84. The summed E-state index contributed by atoms with van der Waals surface area (Å²) in [5, 5.41) is 0.459. The van der Waals surface area contributed by atoms with Crippen molar-refractivity contribution in [1.82, 2.24) is 0 Å². The van der Waals surface area contributed by atoms with Gasteiger partial charge in [-0.1, -0.05) is 31.4 Å². The van der Waals surface area contributed by atoms with Crippen molar-refractivity contribution in [2.45, 2.75) is 31.1 Å². The van der Waals surface area contributed by atoms with Crippen LogP contribution in [0.25, 0.3) is 0 Å². The van der Waals surface area contributed by atoms with E-state index in [-0.39, 0.29) is 4.90 Å². The van der Waals surface area contributed by atoms with Crippen molar-refractivity contribution in [1.29, 1.82) is 0 Å². The normalized spacial score (nSPS) is 11.1. The van der Waals surface area contributed by atoms with Crippen LogP contribution in [-0.2, 0) is 14.8 Å². The van der Waals surface area contributed by atoms with E-state index in [1.807, 2.05) is 0 Å². The number of sulfonamides is 1. The van der Waals surface area contributed by atoms with Crippen molar-refractivity contribution >= 4 is 33.3 Å². The summed E-state index contributed by atoms with van der Waals surface area (Å²) in [6, 6.07) is 12.0. The highest BCUT2D eigenvalue weighted by atomic mass is 35.5. The molecule has 2 rings (SSSR count). The molecule has 0 saturated heterocycles. The fraction of sp³-hybridized carbons (Fsp3) is 0.278. The number of nitrogens with one attached hydrogen (secondary N) is 1. The molecule has 0 bridgehead atoms. The van der Waals surface area contributed by atoms with Crippen LogP contribution in [0.3, 0.4) is 0 Å². The Bertz CT molecular complexity index is 802. The van der Waals surface area contributed by atoms with Crippen molar-refractivity contribution in [3.8, 4) is 0 Å². The van der Waals surface area contributed by atoms with Crippen molar-refractivity contribution < 1.29 is 17.9 Å². The average Bonchev–Trinajstić information content (AvgIpc) is 2.59. The number of rotatable bonds is 8. The summed E-state index contributed by atoms with van der Waals surface area (Å²) in [5.41, 5.74) is 0.739. The van der Waals surface area contributed by atoms with Gasteiger partial charge in [0.05, 0.1) is 17.1 Å². The number of benzene rings is 2. The molecular formula is C18H20ClNO4S. The maximum atomic E-state index is 12.3. The van der Waals surface area contributed by atoms with Crippen LogP contribution in [0.1, 0.15) is 36.5 Å². The summed E-state index contributed by atoms with van der Waals surface area (Å²) in [6.07, 6.45) is 2.90. The van der Waals surface area contributed by atoms with Crippen molar-refractivity contribution in [2.24, 2.45) is 0 Å². The van der Waals surface area contributed by atoms with Crippen LogP contribution in [0.15, 0.2) is 53.4 Å². The maximum Gasteiger partial charge on any atom is 0.338 e. The molecule has 0 radical (unpaired) electrons. The highest BCUT2D eigenvalue weighted by molar-refractivity contribution is 7.92. The molecule has 0 aromatic heterocycles. The van der Waals surface area contributed by atoms with E-state index in [0.29, 0.717) is 22.9 Å². The Kier molecular flexibility index (Phi) is 6.84. The Morgan fingerprint density at radius 2 is 1.68 bits per heavy atom. The SMILES string of the molecule is CCCCCOC(=O)c1ccc(NS(=O)(=O)c2ccc(Cl)cc2)cc1. The fourth-order valence-corrected chi connectivity index (χ4v) is 3.29. The van der Waals surface area contributed by atoms with Crippen molar-refractivity contribution in [3.05, 3.63) is 59.1 Å². The molecule has 0 amide bonds. The molecule has 7 heteroatoms. The topological polar surface area (TPSA) is 72.5 Å². The maximum absolute atomic E-state index is 12.3. The Morgan fingerprint density at radius 3 is 2.28 bits per heavy atom. The molecule has 0 fully saturated rings. The Balaban J connectivity index is 2.00. The van der Waals surface area contributed by atoms with E-state index in [1.54, 1.807) is 0 Å². The standard InChI is InChI=1S/C18H20ClNO4S/c1-2-3-4-13-24-18(21)14-5-9-16(10-6-14)20-25(22,23)17-11-7-15(19)8-12-17/h5-12,20H,2-4,13H2,1H3. The molecule has 0 unspecified atom stereocenters. The number of esters is 1. The van der Waals surface area contributed by atoms with Crippen molar-refractivity contribution in [3.63, 3.8) is 0 Å². The molecule has 5 nitrogen and oxygen atoms in total. The lowest BCUT2D eigenvalue weighted by molar-refractivity contribution is 0.0498. The quantitative estimate of drug-likeness (QED) is 0.540. The summed E-state index contributed by atoms with van der Waals surface area (Å²) in [5.74, 6) is -0.414. The van der Waals surface area contributed by atoms with E-state index >= 15 is 0 Å². The number of ether oxygens (including phenoxy) is 1. The molecule has 0 aliphatic rings.